The summed E-state index contributed by atoms with van der Waals surface area (Å²) in [5, 5.41) is 4.50. The minimum atomic E-state index is 0.641. The second-order valence-corrected chi connectivity index (χ2v) is 14.8. The van der Waals surface area contributed by atoms with Gasteiger partial charge in [0.2, 0.25) is 0 Å². The van der Waals surface area contributed by atoms with Gasteiger partial charge in [-0.05, 0) is 68.1 Å². The summed E-state index contributed by atoms with van der Waals surface area (Å²) in [4.78, 5) is 14.7. The van der Waals surface area contributed by atoms with Crippen molar-refractivity contribution in [3.8, 4) is 78.7 Å². The zero-order valence-corrected chi connectivity index (χ0v) is 32.0. The molecule has 0 radical (unpaired) electrons. The van der Waals surface area contributed by atoms with Crippen molar-refractivity contribution in [3.05, 3.63) is 212 Å². The van der Waals surface area contributed by atoms with Crippen molar-refractivity contribution in [3.63, 3.8) is 0 Å². The molecule has 2 aromatic heterocycles. The predicted molar refractivity (Wildman–Crippen MR) is 243 cm³/mol. The molecule has 0 N–H and O–H groups in total. The standard InChI is InChI=1S/C55H35N3O/c1-4-14-39(15-5-1)44-20-10-11-21-45(44)48-35-50-49-34-43(32-33-51(49)59-52(50)47-23-13-12-22-46(47)48)38-26-24-36(25-27-38)37-28-30-42(31-29-37)55-57-53(40-16-6-2-7-17-40)56-54(58-55)41-18-8-3-9-19-41/h1-35H. The Balaban J connectivity index is 0.934. The summed E-state index contributed by atoms with van der Waals surface area (Å²) in [7, 11) is 0. The first-order valence-electron chi connectivity index (χ1n) is 19.8. The highest BCUT2D eigenvalue weighted by atomic mass is 16.3. The summed E-state index contributed by atoms with van der Waals surface area (Å²) in [6.45, 7) is 0. The summed E-state index contributed by atoms with van der Waals surface area (Å²) >= 11 is 0. The Hall–Kier alpha value is -7.95. The van der Waals surface area contributed by atoms with E-state index in [0.717, 1.165) is 66.3 Å². The third-order valence-electron chi connectivity index (χ3n) is 11.2. The molecule has 2 heterocycles. The van der Waals surface area contributed by atoms with Gasteiger partial charge >= 0.3 is 0 Å². The molecule has 0 atom stereocenters. The van der Waals surface area contributed by atoms with E-state index < -0.39 is 0 Å². The molecule has 0 saturated carbocycles. The molecule has 0 unspecified atom stereocenters. The van der Waals surface area contributed by atoms with Gasteiger partial charge in [0.25, 0.3) is 0 Å². The van der Waals surface area contributed by atoms with Gasteiger partial charge in [-0.15, -0.1) is 0 Å². The number of rotatable bonds is 7. The Bertz CT molecular complexity index is 3230. The van der Waals surface area contributed by atoms with Gasteiger partial charge in [0, 0.05) is 32.8 Å². The zero-order chi connectivity index (χ0) is 39.1. The highest BCUT2D eigenvalue weighted by molar-refractivity contribution is 6.20. The van der Waals surface area contributed by atoms with Crippen molar-refractivity contribution in [2.75, 3.05) is 0 Å². The molecule has 0 saturated heterocycles. The number of hydrogen-bond acceptors (Lipinski definition) is 4. The van der Waals surface area contributed by atoms with Crippen molar-refractivity contribution in [1.82, 2.24) is 15.0 Å². The zero-order valence-electron chi connectivity index (χ0n) is 32.0. The monoisotopic (exact) mass is 753 g/mol. The molecule has 11 aromatic rings. The average Bonchev–Trinajstić information content (AvgIpc) is 3.70. The third kappa shape index (κ3) is 6.34. The lowest BCUT2D eigenvalue weighted by Crippen LogP contribution is -2.00. The average molecular weight is 754 g/mol. The van der Waals surface area contributed by atoms with Crippen LogP contribution in [-0.2, 0) is 0 Å². The molecule has 276 valence electrons. The molecule has 4 heteroatoms. The lowest BCUT2D eigenvalue weighted by Gasteiger charge is -2.13. The molecule has 0 bridgehead atoms. The quantitative estimate of drug-likeness (QED) is 0.163. The lowest BCUT2D eigenvalue weighted by atomic mass is 9.90. The van der Waals surface area contributed by atoms with E-state index in [-0.39, 0.29) is 0 Å². The first-order chi connectivity index (χ1) is 29.2. The van der Waals surface area contributed by atoms with Gasteiger partial charge in [0.15, 0.2) is 17.5 Å². The second-order valence-electron chi connectivity index (χ2n) is 14.8. The largest absolute Gasteiger partial charge is 0.455 e. The minimum absolute atomic E-state index is 0.641. The smallest absolute Gasteiger partial charge is 0.164 e. The van der Waals surface area contributed by atoms with E-state index in [0.29, 0.717) is 17.5 Å². The van der Waals surface area contributed by atoms with E-state index in [1.54, 1.807) is 0 Å². The molecule has 0 aliphatic heterocycles. The van der Waals surface area contributed by atoms with Gasteiger partial charge in [0.05, 0.1) is 0 Å². The van der Waals surface area contributed by atoms with E-state index in [2.05, 4.69) is 152 Å². The van der Waals surface area contributed by atoms with E-state index in [1.165, 1.54) is 27.6 Å². The van der Waals surface area contributed by atoms with E-state index >= 15 is 0 Å². The first-order valence-corrected chi connectivity index (χ1v) is 19.8. The topological polar surface area (TPSA) is 51.8 Å². The molecular weight excluding hydrogens is 719 g/mol. The fourth-order valence-electron chi connectivity index (χ4n) is 8.19. The Morgan fingerprint density at radius 1 is 0.254 bits per heavy atom. The minimum Gasteiger partial charge on any atom is -0.455 e. The van der Waals surface area contributed by atoms with Crippen LogP contribution in [0.25, 0.3) is 111 Å². The molecule has 0 fully saturated rings. The van der Waals surface area contributed by atoms with Crippen LogP contribution in [0.4, 0.5) is 0 Å². The fourth-order valence-corrected chi connectivity index (χ4v) is 8.19. The second kappa shape index (κ2) is 14.5. The van der Waals surface area contributed by atoms with Gasteiger partial charge in [0.1, 0.15) is 11.2 Å². The van der Waals surface area contributed by atoms with Crippen molar-refractivity contribution < 1.29 is 4.42 Å². The van der Waals surface area contributed by atoms with Crippen molar-refractivity contribution in [1.29, 1.82) is 0 Å². The van der Waals surface area contributed by atoms with Crippen molar-refractivity contribution in [2.45, 2.75) is 0 Å². The summed E-state index contributed by atoms with van der Waals surface area (Å²) in [5.74, 6) is 1.94. The van der Waals surface area contributed by atoms with Gasteiger partial charge in [-0.3, -0.25) is 0 Å². The van der Waals surface area contributed by atoms with Crippen molar-refractivity contribution >= 4 is 32.7 Å². The Kier molecular flexibility index (Phi) is 8.45. The van der Waals surface area contributed by atoms with Crippen LogP contribution in [0.1, 0.15) is 0 Å². The molecule has 0 spiro atoms. The summed E-state index contributed by atoms with van der Waals surface area (Å²) in [6.07, 6.45) is 0. The molecule has 4 nitrogen and oxygen atoms in total. The molecule has 11 rings (SSSR count). The van der Waals surface area contributed by atoms with Crippen LogP contribution in [0, 0.1) is 0 Å². The SMILES string of the molecule is c1ccc(-c2nc(-c3ccccc3)nc(-c3ccc(-c4ccc(-c5ccc6oc7c8ccccc8c(-c8ccccc8-c8ccccc8)cc7c6c5)cc4)cc3)n2)cc1. The van der Waals surface area contributed by atoms with Gasteiger partial charge in [-0.2, -0.15) is 0 Å². The number of furan rings is 1. The van der Waals surface area contributed by atoms with Crippen LogP contribution in [0.15, 0.2) is 217 Å². The Labute approximate surface area is 341 Å². The van der Waals surface area contributed by atoms with Crippen LogP contribution >= 0.6 is 0 Å². The first kappa shape index (κ1) is 34.3. The molecular formula is C55H35N3O. The van der Waals surface area contributed by atoms with E-state index in [9.17, 15) is 0 Å². The number of aromatic nitrogens is 3. The molecule has 0 aliphatic carbocycles. The van der Waals surface area contributed by atoms with Gasteiger partial charge < -0.3 is 4.42 Å². The highest BCUT2D eigenvalue weighted by Gasteiger charge is 2.18. The summed E-state index contributed by atoms with van der Waals surface area (Å²) < 4.78 is 6.63. The van der Waals surface area contributed by atoms with Crippen LogP contribution in [0.3, 0.4) is 0 Å². The Morgan fingerprint density at radius 2 is 0.678 bits per heavy atom. The number of fused-ring (bicyclic) bond motifs is 5. The van der Waals surface area contributed by atoms with E-state index in [1.807, 2.05) is 60.7 Å². The van der Waals surface area contributed by atoms with Crippen LogP contribution in [0.5, 0.6) is 0 Å². The lowest BCUT2D eigenvalue weighted by molar-refractivity contribution is 0.673. The molecule has 59 heavy (non-hydrogen) atoms. The molecule has 0 aliphatic rings. The maximum absolute atomic E-state index is 6.63. The number of hydrogen-bond donors (Lipinski definition) is 0. The summed E-state index contributed by atoms with van der Waals surface area (Å²) in [5.41, 5.74) is 14.0. The molecule has 9 aromatic carbocycles. The van der Waals surface area contributed by atoms with Gasteiger partial charge in [-0.1, -0.05) is 194 Å². The molecule has 0 amide bonds. The highest BCUT2D eigenvalue weighted by Crippen LogP contribution is 2.43. The fraction of sp³-hybridized carbons (Fsp3) is 0. The number of nitrogens with zero attached hydrogens (tertiary/aromatic N) is 3. The van der Waals surface area contributed by atoms with Crippen LogP contribution in [0.2, 0.25) is 0 Å². The van der Waals surface area contributed by atoms with Crippen LogP contribution in [-0.4, -0.2) is 15.0 Å². The number of benzene rings is 9. The summed E-state index contributed by atoms with van der Waals surface area (Å²) in [6, 6.07) is 74.1. The normalized spacial score (nSPS) is 11.4. The van der Waals surface area contributed by atoms with Gasteiger partial charge in [-0.25, -0.2) is 15.0 Å². The Morgan fingerprint density at radius 3 is 1.25 bits per heavy atom. The maximum Gasteiger partial charge on any atom is 0.164 e. The van der Waals surface area contributed by atoms with Crippen molar-refractivity contribution in [2.24, 2.45) is 0 Å². The third-order valence-corrected chi connectivity index (χ3v) is 11.2. The predicted octanol–water partition coefficient (Wildman–Crippen LogP) is 14.6. The van der Waals surface area contributed by atoms with E-state index in [4.69, 9.17) is 19.4 Å². The van der Waals surface area contributed by atoms with Crippen LogP contribution < -0.4 is 0 Å². The maximum atomic E-state index is 6.63.